The Kier molecular flexibility index (Phi) is 76.8. The van der Waals surface area contributed by atoms with Crippen LogP contribution >= 0.6 is 7.82 Å². The molecule has 3 N–H and O–H groups in total. The third kappa shape index (κ3) is 78.6. The normalized spacial score (nSPS) is 13.1. The van der Waals surface area contributed by atoms with E-state index in [4.69, 9.17) is 24.3 Å². The van der Waals surface area contributed by atoms with Gasteiger partial charge in [-0.25, -0.2) is 4.57 Å². The molecule has 0 saturated heterocycles. The van der Waals surface area contributed by atoms with Gasteiger partial charge in [-0.1, -0.05) is 396 Å². The van der Waals surface area contributed by atoms with Gasteiger partial charge in [0.2, 0.25) is 0 Å². The van der Waals surface area contributed by atoms with Gasteiger partial charge in [0.1, 0.15) is 6.61 Å². The lowest BCUT2D eigenvalue weighted by atomic mass is 10.0. The smallest absolute Gasteiger partial charge is 0.462 e. The zero-order valence-corrected chi connectivity index (χ0v) is 62.7. The topological polar surface area (TPSA) is 134 Å². The Balaban J connectivity index is 3.73. The third-order valence-electron chi connectivity index (χ3n) is 18.4. The van der Waals surface area contributed by atoms with Crippen molar-refractivity contribution in [2.45, 2.75) is 431 Å². The molecule has 93 heavy (non-hydrogen) atoms. The minimum atomic E-state index is -4.40. The fourth-order valence-electron chi connectivity index (χ4n) is 12.4. The molecule has 0 heterocycles. The number of esters is 2. The number of ether oxygens (including phenoxy) is 2. The first-order valence-corrected chi connectivity index (χ1v) is 42.3. The maximum atomic E-state index is 12.8. The maximum absolute atomic E-state index is 12.8. The summed E-state index contributed by atoms with van der Waals surface area (Å²) in [6.45, 7) is 3.71. The van der Waals surface area contributed by atoms with Gasteiger partial charge in [-0.3, -0.25) is 18.6 Å². The zero-order valence-electron chi connectivity index (χ0n) is 61.8. The third-order valence-corrected chi connectivity index (χ3v) is 19.4. The lowest BCUT2D eigenvalue weighted by Gasteiger charge is -2.19. The summed E-state index contributed by atoms with van der Waals surface area (Å²) in [6, 6.07) is 0. The molecule has 546 valence electrons. The second kappa shape index (κ2) is 78.7. The van der Waals surface area contributed by atoms with Crippen molar-refractivity contribution in [2.75, 3.05) is 26.4 Å². The Morgan fingerprint density at radius 3 is 0.892 bits per heavy atom. The molecule has 0 aliphatic carbocycles. The van der Waals surface area contributed by atoms with Crippen LogP contribution in [0.4, 0.5) is 0 Å². The van der Waals surface area contributed by atoms with Crippen molar-refractivity contribution in [3.8, 4) is 0 Å². The van der Waals surface area contributed by atoms with E-state index in [1.165, 1.54) is 334 Å². The van der Waals surface area contributed by atoms with Crippen molar-refractivity contribution in [1.29, 1.82) is 0 Å². The molecular weight excluding hydrogens is 1170 g/mol. The number of hydrogen-bond acceptors (Lipinski definition) is 8. The van der Waals surface area contributed by atoms with E-state index in [2.05, 4.69) is 74.6 Å². The summed E-state index contributed by atoms with van der Waals surface area (Å²) in [4.78, 5) is 35.5. The standard InChI is InChI=1S/C83H156NO8P/c1-3-5-7-9-11-13-15-17-19-21-23-25-27-29-31-33-35-36-37-38-39-40-41-42-43-44-46-47-49-51-53-55-57-59-61-63-65-67-69-71-73-75-82(85)89-79-81(80-91-93(87,88)90-78-77-84)92-83(86)76-74-72-70-68-66-64-62-60-58-56-54-52-50-48-45-34-32-30-28-26-24-22-20-18-16-14-12-10-8-6-4-2/h6,8,12,14,18,20-21,23-24,26,81H,3-5,7,9-11,13,15-17,19,22,25,27-80,84H2,1-2H3,(H,87,88)/b8-6-,14-12-,20-18-,23-21-,26-24-. The molecule has 0 aliphatic rings. The molecule has 0 aromatic heterocycles. The highest BCUT2D eigenvalue weighted by Crippen LogP contribution is 2.43. The van der Waals surface area contributed by atoms with Crippen LogP contribution in [0, 0.1) is 0 Å². The van der Waals surface area contributed by atoms with E-state index in [0.29, 0.717) is 6.42 Å². The fraction of sp³-hybridized carbons (Fsp3) is 0.855. The van der Waals surface area contributed by atoms with E-state index in [1.54, 1.807) is 0 Å². The number of carbonyl (C=O) groups is 2. The second-order valence-corrected chi connectivity index (χ2v) is 29.1. The van der Waals surface area contributed by atoms with Crippen LogP contribution in [0.3, 0.4) is 0 Å². The van der Waals surface area contributed by atoms with Crippen molar-refractivity contribution >= 4 is 19.8 Å². The molecule has 0 amide bonds. The van der Waals surface area contributed by atoms with E-state index >= 15 is 0 Å². The molecule has 0 aromatic carbocycles. The summed E-state index contributed by atoms with van der Waals surface area (Å²) in [5, 5.41) is 0. The van der Waals surface area contributed by atoms with Crippen LogP contribution in [-0.2, 0) is 32.7 Å². The van der Waals surface area contributed by atoms with Gasteiger partial charge in [0.25, 0.3) is 0 Å². The quantitative estimate of drug-likeness (QED) is 0.0264. The Labute approximate surface area is 578 Å². The SMILES string of the molecule is CC/C=C\C/C=C\C/C=C\C/C=C\CCCCCCCCCCCCCCCCCCCCC(=O)OC(COC(=O)CCCCCCCCCCCCCCCCCCCCCCCCCCCCCCC/C=C\CCCCCCCCCC)COP(=O)(O)OCCN. The molecule has 0 radical (unpaired) electrons. The monoisotopic (exact) mass is 1330 g/mol. The summed E-state index contributed by atoms with van der Waals surface area (Å²) < 4.78 is 33.3. The molecule has 0 aliphatic heterocycles. The highest BCUT2D eigenvalue weighted by atomic mass is 31.2. The van der Waals surface area contributed by atoms with Gasteiger partial charge in [0, 0.05) is 19.4 Å². The predicted molar refractivity (Wildman–Crippen MR) is 404 cm³/mol. The summed E-state index contributed by atoms with van der Waals surface area (Å²) in [5.74, 6) is -0.804. The second-order valence-electron chi connectivity index (χ2n) is 27.6. The van der Waals surface area contributed by atoms with Crippen molar-refractivity contribution in [1.82, 2.24) is 0 Å². The van der Waals surface area contributed by atoms with E-state index in [1.807, 2.05) is 0 Å². The first-order chi connectivity index (χ1) is 45.8. The average molecular weight is 1330 g/mol. The lowest BCUT2D eigenvalue weighted by molar-refractivity contribution is -0.161. The number of hydrogen-bond donors (Lipinski definition) is 2. The number of phosphoric ester groups is 1. The molecule has 10 heteroatoms. The van der Waals surface area contributed by atoms with E-state index in [9.17, 15) is 19.0 Å². The summed E-state index contributed by atoms with van der Waals surface area (Å²) in [5.41, 5.74) is 5.42. The zero-order chi connectivity index (χ0) is 67.2. The Bertz CT molecular complexity index is 1710. The molecule has 0 saturated carbocycles. The van der Waals surface area contributed by atoms with Gasteiger partial charge in [0.05, 0.1) is 13.2 Å². The van der Waals surface area contributed by atoms with E-state index in [0.717, 1.165) is 57.8 Å². The van der Waals surface area contributed by atoms with Gasteiger partial charge in [-0.15, -0.1) is 0 Å². The first-order valence-electron chi connectivity index (χ1n) is 40.8. The Hall–Kier alpha value is -2.29. The summed E-state index contributed by atoms with van der Waals surface area (Å²) in [7, 11) is -4.40. The minimum absolute atomic E-state index is 0.0551. The molecule has 0 spiro atoms. The van der Waals surface area contributed by atoms with Gasteiger partial charge in [0.15, 0.2) is 6.10 Å². The summed E-state index contributed by atoms with van der Waals surface area (Å²) >= 11 is 0. The van der Waals surface area contributed by atoms with Gasteiger partial charge in [-0.05, 0) is 77.0 Å². The van der Waals surface area contributed by atoms with Crippen LogP contribution in [0.1, 0.15) is 425 Å². The first kappa shape index (κ1) is 90.7. The van der Waals surface area contributed by atoms with Crippen LogP contribution in [0.2, 0.25) is 0 Å². The molecular formula is C83H156NO8P. The highest BCUT2D eigenvalue weighted by molar-refractivity contribution is 7.47. The number of carbonyl (C=O) groups excluding carboxylic acids is 2. The van der Waals surface area contributed by atoms with Gasteiger partial charge in [-0.2, -0.15) is 0 Å². The van der Waals surface area contributed by atoms with Crippen LogP contribution < -0.4 is 5.73 Å². The molecule has 0 aromatic rings. The molecule has 0 bridgehead atoms. The molecule has 2 atom stereocenters. The Morgan fingerprint density at radius 1 is 0.333 bits per heavy atom. The number of unbranched alkanes of at least 4 members (excludes halogenated alkanes) is 55. The maximum Gasteiger partial charge on any atom is 0.472 e. The van der Waals surface area contributed by atoms with E-state index in [-0.39, 0.29) is 38.6 Å². The summed E-state index contributed by atoms with van der Waals surface area (Å²) in [6.07, 6.45) is 104. The lowest BCUT2D eigenvalue weighted by Crippen LogP contribution is -2.29. The minimum Gasteiger partial charge on any atom is -0.462 e. The number of rotatable bonds is 78. The van der Waals surface area contributed by atoms with Crippen LogP contribution in [0.5, 0.6) is 0 Å². The van der Waals surface area contributed by atoms with Gasteiger partial charge >= 0.3 is 19.8 Å². The van der Waals surface area contributed by atoms with Crippen LogP contribution in [0.25, 0.3) is 0 Å². The molecule has 2 unspecified atom stereocenters. The highest BCUT2D eigenvalue weighted by Gasteiger charge is 2.26. The number of phosphoric acid groups is 1. The Morgan fingerprint density at radius 2 is 0.591 bits per heavy atom. The largest absolute Gasteiger partial charge is 0.472 e. The average Bonchev–Trinajstić information content (AvgIpc) is 3.70. The molecule has 0 fully saturated rings. The van der Waals surface area contributed by atoms with Gasteiger partial charge < -0.3 is 20.1 Å². The molecule has 0 rings (SSSR count). The van der Waals surface area contributed by atoms with E-state index < -0.39 is 26.5 Å². The molecule has 9 nitrogen and oxygen atoms in total. The fourth-order valence-corrected chi connectivity index (χ4v) is 13.2. The van der Waals surface area contributed by atoms with Crippen LogP contribution in [0.15, 0.2) is 60.8 Å². The van der Waals surface area contributed by atoms with Crippen LogP contribution in [-0.4, -0.2) is 49.3 Å². The number of allylic oxidation sites excluding steroid dienone is 10. The van der Waals surface area contributed by atoms with Crippen molar-refractivity contribution in [2.24, 2.45) is 5.73 Å². The van der Waals surface area contributed by atoms with Crippen molar-refractivity contribution in [3.63, 3.8) is 0 Å². The van der Waals surface area contributed by atoms with Crippen molar-refractivity contribution in [3.05, 3.63) is 60.8 Å². The van der Waals surface area contributed by atoms with Crippen molar-refractivity contribution < 1.29 is 37.6 Å². The predicted octanol–water partition coefficient (Wildman–Crippen LogP) is 27.3. The number of nitrogens with two attached hydrogens (primary N) is 1.